The summed E-state index contributed by atoms with van der Waals surface area (Å²) in [6.45, 7) is 8.89. The molecule has 2 saturated heterocycles. The summed E-state index contributed by atoms with van der Waals surface area (Å²) in [4.78, 5) is 26.4. The van der Waals surface area contributed by atoms with Gasteiger partial charge in [0.1, 0.15) is 5.82 Å². The van der Waals surface area contributed by atoms with Crippen LogP contribution in [0.2, 0.25) is 0 Å². The average Bonchev–Trinajstić information content (AvgIpc) is 2.95. The number of anilines is 1. The van der Waals surface area contributed by atoms with E-state index in [1.165, 1.54) is 36.7 Å². The first-order chi connectivity index (χ1) is 19.6. The third kappa shape index (κ3) is 7.55. The molecule has 0 spiro atoms. The fourth-order valence-electron chi connectivity index (χ4n) is 5.60. The van der Waals surface area contributed by atoms with Gasteiger partial charge in [-0.15, -0.1) is 13.2 Å². The summed E-state index contributed by atoms with van der Waals surface area (Å²) in [5.41, 5.74) is 3.81. The summed E-state index contributed by atoms with van der Waals surface area (Å²) >= 11 is 0. The molecule has 0 bridgehead atoms. The van der Waals surface area contributed by atoms with E-state index < -0.39 is 12.2 Å². The molecule has 2 aliphatic heterocycles. The number of hydrogen-bond donors (Lipinski definition) is 1. The molecular formula is C31H36F3N5O2. The zero-order valence-corrected chi connectivity index (χ0v) is 23.5. The predicted octanol–water partition coefficient (Wildman–Crippen LogP) is 5.98. The lowest BCUT2D eigenvalue weighted by molar-refractivity contribution is -0.276. The van der Waals surface area contributed by atoms with Gasteiger partial charge in [-0.2, -0.15) is 0 Å². The highest BCUT2D eigenvalue weighted by atomic mass is 19.4. The summed E-state index contributed by atoms with van der Waals surface area (Å²) in [7, 11) is 0. The quantitative estimate of drug-likeness (QED) is 0.379. The summed E-state index contributed by atoms with van der Waals surface area (Å²) in [6, 6.07) is 12.4. The number of amides is 1. The molecule has 1 aromatic carbocycles. The topological polar surface area (TPSA) is 70.6 Å². The number of benzene rings is 1. The minimum atomic E-state index is -4.80. The van der Waals surface area contributed by atoms with Crippen LogP contribution in [-0.2, 0) is 6.54 Å². The van der Waals surface area contributed by atoms with E-state index in [9.17, 15) is 18.0 Å². The van der Waals surface area contributed by atoms with Crippen LogP contribution in [0.5, 0.6) is 5.88 Å². The van der Waals surface area contributed by atoms with Crippen molar-refractivity contribution in [3.05, 3.63) is 71.5 Å². The number of rotatable bonds is 7. The highest BCUT2D eigenvalue weighted by molar-refractivity contribution is 5.97. The Morgan fingerprint density at radius 3 is 2.37 bits per heavy atom. The lowest BCUT2D eigenvalue weighted by Crippen LogP contribution is -2.44. The molecule has 0 atom stereocenters. The van der Waals surface area contributed by atoms with Crippen LogP contribution in [0.1, 0.15) is 54.1 Å². The van der Waals surface area contributed by atoms with Gasteiger partial charge in [-0.1, -0.05) is 25.1 Å². The number of pyridine rings is 2. The standard InChI is InChI=1S/C31H36F3N5O2/c1-21-10-16-39(17-11-21)28-8-6-23(18-35-28)20-38-14-12-25(13-15-38)37-30(40)27-5-3-4-26(22(27)2)24-7-9-29(36-19-24)41-31(32,33)34/h3-9,18-19,21,25H,10-17,20H2,1-2H3,(H,37,40). The Morgan fingerprint density at radius 2 is 1.73 bits per heavy atom. The molecule has 0 aliphatic carbocycles. The second kappa shape index (κ2) is 12.5. The fourth-order valence-corrected chi connectivity index (χ4v) is 5.60. The molecule has 2 fully saturated rings. The number of nitrogens with one attached hydrogen (secondary N) is 1. The number of aromatic nitrogens is 2. The predicted molar refractivity (Wildman–Crippen MR) is 152 cm³/mol. The molecule has 2 aromatic heterocycles. The molecule has 4 heterocycles. The Labute approximate surface area is 238 Å². The highest BCUT2D eigenvalue weighted by Gasteiger charge is 2.31. The smallest absolute Gasteiger partial charge is 0.388 e. The molecule has 5 rings (SSSR count). The van der Waals surface area contributed by atoms with Crippen molar-refractivity contribution in [3.63, 3.8) is 0 Å². The summed E-state index contributed by atoms with van der Waals surface area (Å²) in [6.07, 6.45) is 2.65. The number of piperidine rings is 2. The van der Waals surface area contributed by atoms with Crippen molar-refractivity contribution in [1.29, 1.82) is 0 Å². The minimum Gasteiger partial charge on any atom is -0.388 e. The largest absolute Gasteiger partial charge is 0.574 e. The van der Waals surface area contributed by atoms with Crippen molar-refractivity contribution < 1.29 is 22.7 Å². The van der Waals surface area contributed by atoms with Gasteiger partial charge in [0.25, 0.3) is 5.91 Å². The molecular weight excluding hydrogens is 531 g/mol. The van der Waals surface area contributed by atoms with Gasteiger partial charge in [0.2, 0.25) is 5.88 Å². The van der Waals surface area contributed by atoms with Crippen molar-refractivity contribution >= 4 is 11.7 Å². The molecule has 3 aromatic rings. The number of nitrogens with zero attached hydrogens (tertiary/aromatic N) is 4. The van der Waals surface area contributed by atoms with Crippen LogP contribution in [0.15, 0.2) is 54.9 Å². The molecule has 0 radical (unpaired) electrons. The summed E-state index contributed by atoms with van der Waals surface area (Å²) in [5, 5.41) is 3.18. The number of halogens is 3. The second-order valence-corrected chi connectivity index (χ2v) is 11.1. The van der Waals surface area contributed by atoms with E-state index >= 15 is 0 Å². The zero-order valence-electron chi connectivity index (χ0n) is 23.5. The third-order valence-corrected chi connectivity index (χ3v) is 8.09. The SMILES string of the molecule is Cc1c(C(=O)NC2CCN(Cc3ccc(N4CCC(C)CC4)nc3)CC2)cccc1-c1ccc(OC(F)(F)F)nc1. The van der Waals surface area contributed by atoms with Gasteiger partial charge >= 0.3 is 6.36 Å². The number of carbonyl (C=O) groups excluding carboxylic acids is 1. The van der Waals surface area contributed by atoms with E-state index in [1.54, 1.807) is 12.1 Å². The van der Waals surface area contributed by atoms with Crippen molar-refractivity contribution in [2.75, 3.05) is 31.1 Å². The molecule has 1 N–H and O–H groups in total. The van der Waals surface area contributed by atoms with E-state index in [2.05, 4.69) is 43.9 Å². The molecule has 10 heteroatoms. The van der Waals surface area contributed by atoms with Crippen LogP contribution >= 0.6 is 0 Å². The van der Waals surface area contributed by atoms with E-state index in [4.69, 9.17) is 4.98 Å². The van der Waals surface area contributed by atoms with Crippen LogP contribution in [0, 0.1) is 12.8 Å². The Balaban J connectivity index is 1.13. The van der Waals surface area contributed by atoms with E-state index in [1.807, 2.05) is 19.2 Å². The van der Waals surface area contributed by atoms with Crippen LogP contribution < -0.4 is 15.0 Å². The van der Waals surface area contributed by atoms with Gasteiger partial charge in [0, 0.05) is 68.4 Å². The van der Waals surface area contributed by atoms with Crippen LogP contribution in [-0.4, -0.2) is 59.4 Å². The van der Waals surface area contributed by atoms with Gasteiger partial charge in [0.05, 0.1) is 0 Å². The van der Waals surface area contributed by atoms with Gasteiger partial charge < -0.3 is 15.0 Å². The third-order valence-electron chi connectivity index (χ3n) is 8.09. The number of likely N-dealkylation sites (tertiary alicyclic amines) is 1. The van der Waals surface area contributed by atoms with Crippen LogP contribution in [0.4, 0.5) is 19.0 Å². The summed E-state index contributed by atoms with van der Waals surface area (Å²) < 4.78 is 41.2. The Morgan fingerprint density at radius 1 is 0.976 bits per heavy atom. The Bertz CT molecular complexity index is 1320. The Kier molecular flexibility index (Phi) is 8.77. The maximum absolute atomic E-state index is 13.2. The number of hydrogen-bond acceptors (Lipinski definition) is 6. The van der Waals surface area contributed by atoms with E-state index in [0.717, 1.165) is 68.4 Å². The zero-order chi connectivity index (χ0) is 29.0. The molecule has 218 valence electrons. The average molecular weight is 568 g/mol. The van der Waals surface area contributed by atoms with E-state index in [0.29, 0.717) is 11.1 Å². The summed E-state index contributed by atoms with van der Waals surface area (Å²) in [5.74, 6) is 1.17. The second-order valence-electron chi connectivity index (χ2n) is 11.1. The molecule has 0 unspecified atom stereocenters. The number of alkyl halides is 3. The lowest BCUT2D eigenvalue weighted by Gasteiger charge is -2.33. The normalized spacial score (nSPS) is 17.4. The maximum atomic E-state index is 13.2. The lowest BCUT2D eigenvalue weighted by atomic mass is 9.96. The van der Waals surface area contributed by atoms with Gasteiger partial charge in [0.15, 0.2) is 0 Å². The fraction of sp³-hybridized carbons (Fsp3) is 0.452. The molecule has 41 heavy (non-hydrogen) atoms. The van der Waals surface area contributed by atoms with Gasteiger partial charge in [-0.25, -0.2) is 9.97 Å². The molecule has 1 amide bonds. The van der Waals surface area contributed by atoms with Crippen LogP contribution in [0.25, 0.3) is 11.1 Å². The monoisotopic (exact) mass is 567 g/mol. The first-order valence-corrected chi connectivity index (χ1v) is 14.2. The van der Waals surface area contributed by atoms with Crippen molar-refractivity contribution in [3.8, 4) is 17.0 Å². The van der Waals surface area contributed by atoms with Crippen molar-refractivity contribution in [2.45, 2.75) is 58.5 Å². The molecule has 7 nitrogen and oxygen atoms in total. The number of carbonyl (C=O) groups is 1. The Hall–Kier alpha value is -3.66. The maximum Gasteiger partial charge on any atom is 0.574 e. The van der Waals surface area contributed by atoms with E-state index in [-0.39, 0.29) is 11.9 Å². The van der Waals surface area contributed by atoms with Gasteiger partial charge in [-0.05, 0) is 73.4 Å². The number of ether oxygens (including phenoxy) is 1. The first-order valence-electron chi connectivity index (χ1n) is 14.2. The van der Waals surface area contributed by atoms with Crippen molar-refractivity contribution in [1.82, 2.24) is 20.2 Å². The molecule has 2 aliphatic rings. The highest BCUT2D eigenvalue weighted by Crippen LogP contribution is 2.28. The minimum absolute atomic E-state index is 0.0734. The first kappa shape index (κ1) is 28.9. The molecule has 0 saturated carbocycles. The van der Waals surface area contributed by atoms with Crippen molar-refractivity contribution in [2.24, 2.45) is 5.92 Å². The van der Waals surface area contributed by atoms with Crippen LogP contribution in [0.3, 0.4) is 0 Å². The van der Waals surface area contributed by atoms with Gasteiger partial charge in [-0.3, -0.25) is 9.69 Å².